The number of benzene rings is 1. The topological polar surface area (TPSA) is 66.6 Å². The first kappa shape index (κ1) is 14.0. The van der Waals surface area contributed by atoms with Gasteiger partial charge in [-0.1, -0.05) is 30.3 Å². The van der Waals surface area contributed by atoms with Gasteiger partial charge in [-0.2, -0.15) is 0 Å². The van der Waals surface area contributed by atoms with Crippen LogP contribution in [0.5, 0.6) is 0 Å². The Labute approximate surface area is 114 Å². The Morgan fingerprint density at radius 2 is 1.95 bits per heavy atom. The Hall–Kier alpha value is -1.39. The lowest BCUT2D eigenvalue weighted by Crippen LogP contribution is -2.45. The van der Waals surface area contributed by atoms with Crippen molar-refractivity contribution in [3.05, 3.63) is 35.9 Å². The van der Waals surface area contributed by atoms with Crippen LogP contribution in [0.3, 0.4) is 0 Å². The van der Waals surface area contributed by atoms with Gasteiger partial charge in [0.2, 0.25) is 0 Å². The van der Waals surface area contributed by atoms with Gasteiger partial charge in [-0.05, 0) is 43.8 Å². The average molecular weight is 262 g/mol. The molecule has 0 aromatic heterocycles. The van der Waals surface area contributed by atoms with E-state index >= 15 is 0 Å². The third-order valence-corrected chi connectivity index (χ3v) is 3.85. The maximum absolute atomic E-state index is 10.7. The molecule has 1 heterocycles. The monoisotopic (exact) mass is 262 g/mol. The van der Waals surface area contributed by atoms with E-state index in [-0.39, 0.29) is 0 Å². The zero-order valence-corrected chi connectivity index (χ0v) is 11.2. The molecule has 104 valence electrons. The molecule has 1 fully saturated rings. The van der Waals surface area contributed by atoms with E-state index in [1.165, 1.54) is 5.56 Å². The van der Waals surface area contributed by atoms with E-state index in [0.717, 1.165) is 32.4 Å². The molecule has 1 unspecified atom stereocenters. The summed E-state index contributed by atoms with van der Waals surface area (Å²) in [5, 5.41) is 8.81. The minimum Gasteiger partial charge on any atom is -0.480 e. The fourth-order valence-corrected chi connectivity index (χ4v) is 2.68. The van der Waals surface area contributed by atoms with Crippen molar-refractivity contribution in [3.8, 4) is 0 Å². The van der Waals surface area contributed by atoms with E-state index in [1.54, 1.807) is 0 Å². The van der Waals surface area contributed by atoms with E-state index in [2.05, 4.69) is 29.2 Å². The molecule has 1 aliphatic rings. The SMILES string of the molecule is NC(CN1CCC(Cc2ccccc2)CC1)C(=O)O. The summed E-state index contributed by atoms with van der Waals surface area (Å²) in [6.07, 6.45) is 3.38. The van der Waals surface area contributed by atoms with Gasteiger partial charge >= 0.3 is 5.97 Å². The van der Waals surface area contributed by atoms with E-state index < -0.39 is 12.0 Å². The quantitative estimate of drug-likeness (QED) is 0.840. The van der Waals surface area contributed by atoms with E-state index in [4.69, 9.17) is 10.8 Å². The third kappa shape index (κ3) is 4.33. The van der Waals surface area contributed by atoms with Gasteiger partial charge in [-0.15, -0.1) is 0 Å². The largest absolute Gasteiger partial charge is 0.480 e. The molecule has 0 radical (unpaired) electrons. The van der Waals surface area contributed by atoms with Crippen LogP contribution in [-0.4, -0.2) is 41.7 Å². The highest BCUT2D eigenvalue weighted by atomic mass is 16.4. The Morgan fingerprint density at radius 3 is 2.53 bits per heavy atom. The number of rotatable bonds is 5. The molecular formula is C15H22N2O2. The highest BCUT2D eigenvalue weighted by Gasteiger charge is 2.22. The molecule has 1 aliphatic heterocycles. The van der Waals surface area contributed by atoms with Crippen LogP contribution in [0.1, 0.15) is 18.4 Å². The van der Waals surface area contributed by atoms with Gasteiger partial charge in [0, 0.05) is 6.54 Å². The van der Waals surface area contributed by atoms with Crippen LogP contribution in [0.15, 0.2) is 30.3 Å². The number of piperidine rings is 1. The molecule has 0 spiro atoms. The average Bonchev–Trinajstić information content (AvgIpc) is 2.42. The first-order chi connectivity index (χ1) is 9.15. The smallest absolute Gasteiger partial charge is 0.321 e. The molecule has 19 heavy (non-hydrogen) atoms. The maximum Gasteiger partial charge on any atom is 0.321 e. The minimum atomic E-state index is -0.911. The Morgan fingerprint density at radius 1 is 1.32 bits per heavy atom. The first-order valence-electron chi connectivity index (χ1n) is 6.90. The molecule has 2 rings (SSSR count). The molecule has 1 aromatic carbocycles. The summed E-state index contributed by atoms with van der Waals surface area (Å²) in [6, 6.07) is 9.79. The standard InChI is InChI=1S/C15H22N2O2/c16-14(15(18)19)11-17-8-6-13(7-9-17)10-12-4-2-1-3-5-12/h1-5,13-14H,6-11,16H2,(H,18,19). The van der Waals surface area contributed by atoms with E-state index in [0.29, 0.717) is 12.5 Å². The first-order valence-corrected chi connectivity index (χ1v) is 6.90. The number of aliphatic carboxylic acids is 1. The molecule has 3 N–H and O–H groups in total. The fourth-order valence-electron chi connectivity index (χ4n) is 2.68. The summed E-state index contributed by atoms with van der Waals surface area (Å²) in [4.78, 5) is 12.9. The lowest BCUT2D eigenvalue weighted by Gasteiger charge is -2.32. The van der Waals surface area contributed by atoms with Crippen LogP contribution >= 0.6 is 0 Å². The summed E-state index contributed by atoms with van der Waals surface area (Å²) in [5.41, 5.74) is 6.96. The maximum atomic E-state index is 10.7. The second-order valence-corrected chi connectivity index (χ2v) is 5.38. The summed E-state index contributed by atoms with van der Waals surface area (Å²) in [5.74, 6) is -0.203. The van der Waals surface area contributed by atoms with Gasteiger partial charge in [-0.3, -0.25) is 4.79 Å². The number of nitrogens with two attached hydrogens (primary N) is 1. The molecule has 0 bridgehead atoms. The minimum absolute atomic E-state index is 0.466. The zero-order valence-electron chi connectivity index (χ0n) is 11.2. The molecule has 0 amide bonds. The van der Waals surface area contributed by atoms with Crippen LogP contribution < -0.4 is 5.73 Å². The van der Waals surface area contributed by atoms with E-state index in [9.17, 15) is 4.79 Å². The Kier molecular flexibility index (Phi) is 4.93. The Bertz CT molecular complexity index is 400. The normalized spacial score (nSPS) is 19.2. The van der Waals surface area contributed by atoms with Crippen molar-refractivity contribution < 1.29 is 9.90 Å². The highest BCUT2D eigenvalue weighted by Crippen LogP contribution is 2.21. The summed E-state index contributed by atoms with van der Waals surface area (Å²) in [6.45, 7) is 2.38. The van der Waals surface area contributed by atoms with Crippen molar-refractivity contribution in [1.29, 1.82) is 0 Å². The van der Waals surface area contributed by atoms with Gasteiger partial charge in [0.1, 0.15) is 6.04 Å². The second kappa shape index (κ2) is 6.68. The van der Waals surface area contributed by atoms with Crippen LogP contribution in [0, 0.1) is 5.92 Å². The van der Waals surface area contributed by atoms with Crippen LogP contribution in [-0.2, 0) is 11.2 Å². The predicted octanol–water partition coefficient (Wildman–Crippen LogP) is 1.35. The van der Waals surface area contributed by atoms with Crippen molar-refractivity contribution in [2.45, 2.75) is 25.3 Å². The van der Waals surface area contributed by atoms with Crippen molar-refractivity contribution >= 4 is 5.97 Å². The van der Waals surface area contributed by atoms with Crippen molar-refractivity contribution in [3.63, 3.8) is 0 Å². The molecule has 1 saturated heterocycles. The van der Waals surface area contributed by atoms with Gasteiger partial charge in [0.05, 0.1) is 0 Å². The molecule has 0 aliphatic carbocycles. The molecule has 4 heteroatoms. The zero-order chi connectivity index (χ0) is 13.7. The van der Waals surface area contributed by atoms with Crippen molar-refractivity contribution in [1.82, 2.24) is 4.90 Å². The van der Waals surface area contributed by atoms with Gasteiger partial charge in [0.15, 0.2) is 0 Å². The van der Waals surface area contributed by atoms with Crippen molar-refractivity contribution in [2.75, 3.05) is 19.6 Å². The number of carbonyl (C=O) groups is 1. The number of carboxylic acid groups (broad SMARTS) is 1. The third-order valence-electron chi connectivity index (χ3n) is 3.85. The lowest BCUT2D eigenvalue weighted by molar-refractivity contribution is -0.139. The van der Waals surface area contributed by atoms with Crippen LogP contribution in [0.2, 0.25) is 0 Å². The van der Waals surface area contributed by atoms with Gasteiger partial charge < -0.3 is 15.7 Å². The highest BCUT2D eigenvalue weighted by molar-refractivity contribution is 5.73. The Balaban J connectivity index is 1.75. The predicted molar refractivity (Wildman–Crippen MR) is 74.9 cm³/mol. The van der Waals surface area contributed by atoms with Gasteiger partial charge in [-0.25, -0.2) is 0 Å². The number of carboxylic acids is 1. The molecule has 4 nitrogen and oxygen atoms in total. The number of likely N-dealkylation sites (tertiary alicyclic amines) is 1. The number of nitrogens with zero attached hydrogens (tertiary/aromatic N) is 1. The number of hydrogen-bond acceptors (Lipinski definition) is 3. The molecular weight excluding hydrogens is 240 g/mol. The lowest BCUT2D eigenvalue weighted by atomic mass is 9.90. The van der Waals surface area contributed by atoms with Crippen LogP contribution in [0.4, 0.5) is 0 Å². The van der Waals surface area contributed by atoms with Crippen LogP contribution in [0.25, 0.3) is 0 Å². The second-order valence-electron chi connectivity index (χ2n) is 5.38. The molecule has 0 saturated carbocycles. The number of hydrogen-bond donors (Lipinski definition) is 2. The molecule has 1 atom stereocenters. The summed E-state index contributed by atoms with van der Waals surface area (Å²) >= 11 is 0. The summed E-state index contributed by atoms with van der Waals surface area (Å²) < 4.78 is 0. The summed E-state index contributed by atoms with van der Waals surface area (Å²) in [7, 11) is 0. The van der Waals surface area contributed by atoms with Crippen molar-refractivity contribution in [2.24, 2.45) is 11.7 Å². The van der Waals surface area contributed by atoms with Gasteiger partial charge in [0.25, 0.3) is 0 Å². The fraction of sp³-hybridized carbons (Fsp3) is 0.533. The molecule has 1 aromatic rings. The van der Waals surface area contributed by atoms with E-state index in [1.807, 2.05) is 6.07 Å².